The predicted octanol–water partition coefficient (Wildman–Crippen LogP) is 2.61. The number of nitrogens with one attached hydrogen (secondary N) is 2. The summed E-state index contributed by atoms with van der Waals surface area (Å²) in [5.74, 6) is 0.645. The molecule has 0 spiro atoms. The molecule has 0 aliphatic heterocycles. The maximum atomic E-state index is 11.9. The molecule has 2 N–H and O–H groups in total. The van der Waals surface area contributed by atoms with Crippen molar-refractivity contribution in [1.29, 1.82) is 0 Å². The minimum Gasteiger partial charge on any atom is -0.335 e. The number of hydrogen-bond acceptors (Lipinski definition) is 4. The van der Waals surface area contributed by atoms with Gasteiger partial charge >= 0.3 is 6.03 Å². The molecule has 0 saturated carbocycles. The van der Waals surface area contributed by atoms with Crippen LogP contribution in [0.5, 0.6) is 0 Å². The molecule has 22 heavy (non-hydrogen) atoms. The molecule has 0 fully saturated rings. The molecule has 0 aliphatic carbocycles. The molecular weight excluding hydrogens is 280 g/mol. The van der Waals surface area contributed by atoms with Crippen molar-refractivity contribution in [2.75, 3.05) is 5.32 Å². The number of benzene rings is 1. The van der Waals surface area contributed by atoms with Gasteiger partial charge in [0.05, 0.1) is 5.69 Å². The molecule has 2 aromatic rings. The Bertz CT molecular complexity index is 579. The number of anilines is 1. The van der Waals surface area contributed by atoms with Crippen molar-refractivity contribution in [3.05, 3.63) is 30.6 Å². The molecule has 7 nitrogen and oxygen atoms in total. The van der Waals surface area contributed by atoms with Crippen LogP contribution < -0.4 is 10.6 Å². The van der Waals surface area contributed by atoms with E-state index in [2.05, 4.69) is 40.0 Å². The summed E-state index contributed by atoms with van der Waals surface area (Å²) in [6.07, 6.45) is 3.59. The van der Waals surface area contributed by atoms with Crippen LogP contribution in [-0.4, -0.2) is 32.3 Å². The molecule has 0 unspecified atom stereocenters. The zero-order chi connectivity index (χ0) is 15.9. The highest BCUT2D eigenvalue weighted by Gasteiger charge is 2.08. The second kappa shape index (κ2) is 7.53. The number of aromatic nitrogens is 4. The number of carbonyl (C=O) groups excluding carboxylic acids is 1. The zero-order valence-corrected chi connectivity index (χ0v) is 13.2. The monoisotopic (exact) mass is 302 g/mol. The Labute approximate surface area is 130 Å². The Hall–Kier alpha value is -2.44. The summed E-state index contributed by atoms with van der Waals surface area (Å²) in [5.41, 5.74) is 1.56. The summed E-state index contributed by atoms with van der Waals surface area (Å²) < 4.78 is 1.55. The van der Waals surface area contributed by atoms with Gasteiger partial charge in [0.2, 0.25) is 0 Å². The number of hydrogen-bond donors (Lipinski definition) is 2. The van der Waals surface area contributed by atoms with Crippen LogP contribution in [0.2, 0.25) is 0 Å². The summed E-state index contributed by atoms with van der Waals surface area (Å²) in [5, 5.41) is 16.7. The molecule has 2 rings (SSSR count). The third-order valence-electron chi connectivity index (χ3n) is 3.29. The topological polar surface area (TPSA) is 84.7 Å². The van der Waals surface area contributed by atoms with E-state index in [0.717, 1.165) is 24.2 Å². The summed E-state index contributed by atoms with van der Waals surface area (Å²) in [4.78, 5) is 11.9. The number of nitrogens with zero attached hydrogens (tertiary/aromatic N) is 4. The standard InChI is InChI=1S/C15H22N6O/c1-11(2)4-5-12(3)17-15(22)18-13-6-8-14(9-7-13)21-10-16-19-20-21/h6-12H,4-5H2,1-3H3,(H2,17,18,22)/t12-/m1/s1. The van der Waals surface area contributed by atoms with Gasteiger partial charge in [0.1, 0.15) is 6.33 Å². The molecule has 1 aromatic heterocycles. The second-order valence-corrected chi connectivity index (χ2v) is 5.77. The van der Waals surface area contributed by atoms with Gasteiger partial charge in [-0.15, -0.1) is 5.10 Å². The Morgan fingerprint density at radius 2 is 1.91 bits per heavy atom. The van der Waals surface area contributed by atoms with Crippen LogP contribution in [0, 0.1) is 5.92 Å². The van der Waals surface area contributed by atoms with Crippen LogP contribution in [0.25, 0.3) is 5.69 Å². The van der Waals surface area contributed by atoms with Gasteiger partial charge in [-0.05, 0) is 60.4 Å². The van der Waals surface area contributed by atoms with Gasteiger partial charge in [-0.2, -0.15) is 0 Å². The van der Waals surface area contributed by atoms with Crippen LogP contribution in [0.4, 0.5) is 10.5 Å². The van der Waals surface area contributed by atoms with E-state index in [1.165, 1.54) is 6.33 Å². The normalized spacial score (nSPS) is 12.2. The molecule has 2 amide bonds. The SMILES string of the molecule is CC(C)CC[C@@H](C)NC(=O)Nc1ccc(-n2cnnn2)cc1. The number of amides is 2. The molecule has 118 valence electrons. The van der Waals surface area contributed by atoms with Gasteiger partial charge in [0.25, 0.3) is 0 Å². The molecule has 1 heterocycles. The molecule has 0 radical (unpaired) electrons. The lowest BCUT2D eigenvalue weighted by molar-refractivity contribution is 0.248. The smallest absolute Gasteiger partial charge is 0.319 e. The minimum atomic E-state index is -0.188. The van der Waals surface area contributed by atoms with Crippen molar-refractivity contribution in [2.45, 2.75) is 39.7 Å². The summed E-state index contributed by atoms with van der Waals surface area (Å²) >= 11 is 0. The fourth-order valence-electron chi connectivity index (χ4n) is 2.02. The third kappa shape index (κ3) is 4.83. The second-order valence-electron chi connectivity index (χ2n) is 5.77. The Morgan fingerprint density at radius 3 is 2.50 bits per heavy atom. The van der Waals surface area contributed by atoms with Gasteiger partial charge in [0, 0.05) is 11.7 Å². The van der Waals surface area contributed by atoms with Crippen LogP contribution in [-0.2, 0) is 0 Å². The summed E-state index contributed by atoms with van der Waals surface area (Å²) in [7, 11) is 0. The van der Waals surface area contributed by atoms with Crippen molar-refractivity contribution in [3.8, 4) is 5.69 Å². The van der Waals surface area contributed by atoms with Crippen LogP contribution in [0.3, 0.4) is 0 Å². The van der Waals surface area contributed by atoms with Crippen LogP contribution >= 0.6 is 0 Å². The van der Waals surface area contributed by atoms with Crippen molar-refractivity contribution in [3.63, 3.8) is 0 Å². The van der Waals surface area contributed by atoms with E-state index in [1.807, 2.05) is 31.2 Å². The van der Waals surface area contributed by atoms with Crippen molar-refractivity contribution in [1.82, 2.24) is 25.5 Å². The maximum absolute atomic E-state index is 11.9. The molecule has 0 bridgehead atoms. The van der Waals surface area contributed by atoms with Gasteiger partial charge in [-0.25, -0.2) is 9.48 Å². The van der Waals surface area contributed by atoms with E-state index < -0.39 is 0 Å². The average Bonchev–Trinajstić information content (AvgIpc) is 3.00. The first-order valence-electron chi connectivity index (χ1n) is 7.45. The van der Waals surface area contributed by atoms with E-state index in [0.29, 0.717) is 5.92 Å². The highest BCUT2D eigenvalue weighted by molar-refractivity contribution is 5.89. The molecule has 7 heteroatoms. The minimum absolute atomic E-state index is 0.155. The van der Waals surface area contributed by atoms with Crippen molar-refractivity contribution >= 4 is 11.7 Å². The maximum Gasteiger partial charge on any atom is 0.319 e. The first-order valence-corrected chi connectivity index (χ1v) is 7.45. The van der Waals surface area contributed by atoms with Crippen LogP contribution in [0.15, 0.2) is 30.6 Å². The largest absolute Gasteiger partial charge is 0.335 e. The molecule has 0 aliphatic rings. The quantitative estimate of drug-likeness (QED) is 0.859. The van der Waals surface area contributed by atoms with Gasteiger partial charge in [-0.1, -0.05) is 13.8 Å². The summed E-state index contributed by atoms with van der Waals surface area (Å²) in [6, 6.07) is 7.28. The molecule has 1 aromatic carbocycles. The fraction of sp³-hybridized carbons (Fsp3) is 0.467. The molecular formula is C15H22N6O. The first kappa shape index (κ1) is 15.9. The van der Waals surface area contributed by atoms with Crippen LogP contribution in [0.1, 0.15) is 33.6 Å². The third-order valence-corrected chi connectivity index (χ3v) is 3.29. The average molecular weight is 302 g/mol. The fourth-order valence-corrected chi connectivity index (χ4v) is 2.02. The van der Waals surface area contributed by atoms with Gasteiger partial charge in [-0.3, -0.25) is 0 Å². The number of rotatable bonds is 6. The molecule has 0 saturated heterocycles. The number of tetrazole rings is 1. The Morgan fingerprint density at radius 1 is 1.18 bits per heavy atom. The highest BCUT2D eigenvalue weighted by atomic mass is 16.2. The molecule has 1 atom stereocenters. The van der Waals surface area contributed by atoms with E-state index >= 15 is 0 Å². The van der Waals surface area contributed by atoms with Crippen molar-refractivity contribution in [2.24, 2.45) is 5.92 Å². The van der Waals surface area contributed by atoms with E-state index in [9.17, 15) is 4.79 Å². The van der Waals surface area contributed by atoms with E-state index in [1.54, 1.807) is 4.68 Å². The Balaban J connectivity index is 1.84. The predicted molar refractivity (Wildman–Crippen MR) is 84.8 cm³/mol. The number of urea groups is 1. The lowest BCUT2D eigenvalue weighted by Crippen LogP contribution is -2.36. The summed E-state index contributed by atoms with van der Waals surface area (Å²) in [6.45, 7) is 6.38. The zero-order valence-electron chi connectivity index (χ0n) is 13.2. The Kier molecular flexibility index (Phi) is 5.46. The van der Waals surface area contributed by atoms with E-state index in [4.69, 9.17) is 0 Å². The van der Waals surface area contributed by atoms with Crippen molar-refractivity contribution < 1.29 is 4.79 Å². The van der Waals surface area contributed by atoms with Gasteiger partial charge < -0.3 is 10.6 Å². The number of carbonyl (C=O) groups is 1. The lowest BCUT2D eigenvalue weighted by atomic mass is 10.0. The highest BCUT2D eigenvalue weighted by Crippen LogP contribution is 2.12. The first-order chi connectivity index (χ1) is 10.5. The van der Waals surface area contributed by atoms with E-state index in [-0.39, 0.29) is 12.1 Å². The lowest BCUT2D eigenvalue weighted by Gasteiger charge is -2.15. The van der Waals surface area contributed by atoms with Gasteiger partial charge in [0.15, 0.2) is 0 Å².